The van der Waals surface area contributed by atoms with E-state index in [4.69, 9.17) is 4.74 Å². The van der Waals surface area contributed by atoms with E-state index in [9.17, 15) is 23.3 Å². The first-order chi connectivity index (χ1) is 12.4. The van der Waals surface area contributed by atoms with E-state index in [-0.39, 0.29) is 17.8 Å². The predicted molar refractivity (Wildman–Crippen MR) is 94.6 cm³/mol. The molecule has 26 heavy (non-hydrogen) atoms. The van der Waals surface area contributed by atoms with Crippen LogP contribution in [0.2, 0.25) is 0 Å². The summed E-state index contributed by atoms with van der Waals surface area (Å²) in [6.07, 6.45) is 0. The Kier molecular flexibility index (Phi) is 6.26. The van der Waals surface area contributed by atoms with Crippen molar-refractivity contribution in [1.29, 1.82) is 0 Å². The number of para-hydroxylation sites is 2. The molecule has 2 aromatic rings. The van der Waals surface area contributed by atoms with Gasteiger partial charge < -0.3 is 10.1 Å². The van der Waals surface area contributed by atoms with E-state index in [1.54, 1.807) is 12.1 Å². The summed E-state index contributed by atoms with van der Waals surface area (Å²) in [5.41, 5.74) is -0.451. The Labute approximate surface area is 150 Å². The lowest BCUT2D eigenvalue weighted by Gasteiger charge is -2.12. The maximum atomic E-state index is 12.6. The summed E-state index contributed by atoms with van der Waals surface area (Å²) in [5.74, 6) is -0.497. The molecule has 0 aliphatic carbocycles. The molecule has 0 heterocycles. The lowest BCUT2D eigenvalue weighted by atomic mass is 10.2. The van der Waals surface area contributed by atoms with Crippen molar-refractivity contribution in [1.82, 2.24) is 5.32 Å². The molecule has 0 aliphatic rings. The Morgan fingerprint density at radius 2 is 1.81 bits per heavy atom. The number of nitrogens with zero attached hydrogens (tertiary/aromatic N) is 1. The van der Waals surface area contributed by atoms with Crippen LogP contribution in [0.25, 0.3) is 0 Å². The molecule has 138 valence electrons. The number of nitro groups is 1. The molecular weight excluding hydrogens is 362 g/mol. The highest BCUT2D eigenvalue weighted by atomic mass is 32.2. The van der Waals surface area contributed by atoms with Crippen LogP contribution in [0.5, 0.6) is 0 Å². The number of hydrogen-bond donors (Lipinski definition) is 2. The standard InChI is InChI=1S/C16H17N3O6S/c1-25-11-10-17-16(20)12-6-2-3-7-13(12)18-26(23,24)15-9-5-4-8-14(15)19(21)22/h2-9,18H,10-11H2,1H3,(H,17,20). The number of carbonyl (C=O) groups excluding carboxylic acids is 1. The molecule has 9 nitrogen and oxygen atoms in total. The smallest absolute Gasteiger partial charge is 0.289 e. The van der Waals surface area contributed by atoms with Gasteiger partial charge in [0.15, 0.2) is 4.90 Å². The third-order valence-electron chi connectivity index (χ3n) is 3.36. The number of anilines is 1. The summed E-state index contributed by atoms with van der Waals surface area (Å²) in [6.45, 7) is 0.552. The van der Waals surface area contributed by atoms with Crippen molar-refractivity contribution in [2.24, 2.45) is 0 Å². The average Bonchev–Trinajstić information content (AvgIpc) is 2.62. The molecule has 2 rings (SSSR count). The molecule has 0 aromatic heterocycles. The monoisotopic (exact) mass is 379 g/mol. The molecule has 2 aromatic carbocycles. The van der Waals surface area contributed by atoms with E-state index < -0.39 is 31.4 Å². The Bertz CT molecular complexity index is 914. The second kappa shape index (κ2) is 8.41. The van der Waals surface area contributed by atoms with Crippen LogP contribution in [0.15, 0.2) is 53.4 Å². The van der Waals surface area contributed by atoms with Crippen LogP contribution in [0.4, 0.5) is 11.4 Å². The highest BCUT2D eigenvalue weighted by molar-refractivity contribution is 7.92. The zero-order valence-electron chi connectivity index (χ0n) is 13.8. The minimum atomic E-state index is -4.27. The number of benzene rings is 2. The first-order valence-electron chi connectivity index (χ1n) is 7.49. The van der Waals surface area contributed by atoms with Gasteiger partial charge in [-0.3, -0.25) is 19.6 Å². The lowest BCUT2D eigenvalue weighted by Crippen LogP contribution is -2.28. The summed E-state index contributed by atoms with van der Waals surface area (Å²) < 4.78 is 32.3. The number of sulfonamides is 1. The average molecular weight is 379 g/mol. The van der Waals surface area contributed by atoms with Gasteiger partial charge in [-0.15, -0.1) is 0 Å². The highest BCUT2D eigenvalue weighted by Gasteiger charge is 2.26. The van der Waals surface area contributed by atoms with Gasteiger partial charge in [-0.05, 0) is 18.2 Å². The van der Waals surface area contributed by atoms with Crippen molar-refractivity contribution in [2.75, 3.05) is 25.0 Å². The molecule has 2 N–H and O–H groups in total. The van der Waals surface area contributed by atoms with Crippen LogP contribution in [-0.4, -0.2) is 39.5 Å². The van der Waals surface area contributed by atoms with Gasteiger partial charge in [-0.1, -0.05) is 24.3 Å². The molecule has 0 atom stereocenters. The second-order valence-electron chi connectivity index (χ2n) is 5.12. The molecule has 0 spiro atoms. The predicted octanol–water partition coefficient (Wildman–Crippen LogP) is 1.77. The van der Waals surface area contributed by atoms with Gasteiger partial charge in [-0.2, -0.15) is 0 Å². The number of ether oxygens (including phenoxy) is 1. The quantitative estimate of drug-likeness (QED) is 0.409. The molecular formula is C16H17N3O6S. The number of amides is 1. The SMILES string of the molecule is COCCNC(=O)c1ccccc1NS(=O)(=O)c1ccccc1[N+](=O)[O-]. The number of methoxy groups -OCH3 is 1. The van der Waals surface area contributed by atoms with E-state index in [2.05, 4.69) is 10.0 Å². The van der Waals surface area contributed by atoms with Crippen molar-refractivity contribution >= 4 is 27.3 Å². The van der Waals surface area contributed by atoms with Crippen LogP contribution < -0.4 is 10.0 Å². The number of nitrogens with one attached hydrogen (secondary N) is 2. The van der Waals surface area contributed by atoms with Crippen molar-refractivity contribution in [3.63, 3.8) is 0 Å². The number of nitro benzene ring substituents is 1. The summed E-state index contributed by atoms with van der Waals surface area (Å²) in [6, 6.07) is 10.9. The van der Waals surface area contributed by atoms with Gasteiger partial charge in [0.05, 0.1) is 22.8 Å². The topological polar surface area (TPSA) is 128 Å². The number of hydrogen-bond acceptors (Lipinski definition) is 6. The molecule has 1 amide bonds. The van der Waals surface area contributed by atoms with E-state index in [0.29, 0.717) is 6.61 Å². The van der Waals surface area contributed by atoms with Crippen LogP contribution >= 0.6 is 0 Å². The maximum Gasteiger partial charge on any atom is 0.289 e. The fourth-order valence-electron chi connectivity index (χ4n) is 2.17. The van der Waals surface area contributed by atoms with E-state index in [1.165, 1.54) is 31.4 Å². The molecule has 10 heteroatoms. The number of carbonyl (C=O) groups is 1. The van der Waals surface area contributed by atoms with Crippen molar-refractivity contribution < 1.29 is 22.9 Å². The minimum Gasteiger partial charge on any atom is -0.383 e. The van der Waals surface area contributed by atoms with E-state index in [0.717, 1.165) is 12.1 Å². The van der Waals surface area contributed by atoms with Crippen molar-refractivity contribution in [3.8, 4) is 0 Å². The third-order valence-corrected chi connectivity index (χ3v) is 4.77. The third kappa shape index (κ3) is 4.55. The first kappa shape index (κ1) is 19.3. The van der Waals surface area contributed by atoms with Gasteiger partial charge >= 0.3 is 0 Å². The van der Waals surface area contributed by atoms with Crippen LogP contribution in [0.1, 0.15) is 10.4 Å². The fraction of sp³-hybridized carbons (Fsp3) is 0.188. The van der Waals surface area contributed by atoms with Crippen LogP contribution in [-0.2, 0) is 14.8 Å². The molecule has 0 fully saturated rings. The highest BCUT2D eigenvalue weighted by Crippen LogP contribution is 2.26. The number of rotatable bonds is 8. The fourth-order valence-corrected chi connectivity index (χ4v) is 3.42. The van der Waals surface area contributed by atoms with Gasteiger partial charge in [0, 0.05) is 19.7 Å². The summed E-state index contributed by atoms with van der Waals surface area (Å²) in [4.78, 5) is 22.0. The Hall–Kier alpha value is -2.98. The van der Waals surface area contributed by atoms with Crippen LogP contribution in [0.3, 0.4) is 0 Å². The second-order valence-corrected chi connectivity index (χ2v) is 6.78. The summed E-state index contributed by atoms with van der Waals surface area (Å²) >= 11 is 0. The lowest BCUT2D eigenvalue weighted by molar-refractivity contribution is -0.387. The van der Waals surface area contributed by atoms with E-state index >= 15 is 0 Å². The summed E-state index contributed by atoms with van der Waals surface area (Å²) in [7, 11) is -2.78. The maximum absolute atomic E-state index is 12.6. The zero-order chi connectivity index (χ0) is 19.2. The Morgan fingerprint density at radius 3 is 2.50 bits per heavy atom. The molecule has 0 saturated heterocycles. The van der Waals surface area contributed by atoms with Gasteiger partial charge in [0.2, 0.25) is 0 Å². The largest absolute Gasteiger partial charge is 0.383 e. The minimum absolute atomic E-state index is 0.0144. The van der Waals surface area contributed by atoms with Gasteiger partial charge in [0.1, 0.15) is 0 Å². The Balaban J connectivity index is 2.34. The molecule has 0 aliphatic heterocycles. The summed E-state index contributed by atoms with van der Waals surface area (Å²) in [5, 5.41) is 13.7. The first-order valence-corrected chi connectivity index (χ1v) is 8.97. The van der Waals surface area contributed by atoms with E-state index in [1.807, 2.05) is 0 Å². The molecule has 0 bridgehead atoms. The molecule has 0 unspecified atom stereocenters. The van der Waals surface area contributed by atoms with Gasteiger partial charge in [0.25, 0.3) is 21.6 Å². The zero-order valence-corrected chi connectivity index (χ0v) is 14.7. The Morgan fingerprint density at radius 1 is 1.15 bits per heavy atom. The van der Waals surface area contributed by atoms with Crippen LogP contribution in [0, 0.1) is 10.1 Å². The molecule has 0 radical (unpaired) electrons. The van der Waals surface area contributed by atoms with Gasteiger partial charge in [-0.25, -0.2) is 8.42 Å². The molecule has 0 saturated carbocycles. The van der Waals surface area contributed by atoms with Crippen molar-refractivity contribution in [3.05, 3.63) is 64.2 Å². The normalized spacial score (nSPS) is 11.0. The van der Waals surface area contributed by atoms with Crippen molar-refractivity contribution in [2.45, 2.75) is 4.90 Å².